The second-order valence-electron chi connectivity index (χ2n) is 6.01. The van der Waals surface area contributed by atoms with E-state index in [1.807, 2.05) is 24.3 Å². The van der Waals surface area contributed by atoms with Crippen LogP contribution in [0.2, 0.25) is 0 Å². The Morgan fingerprint density at radius 1 is 0.960 bits per heavy atom. The Hall–Kier alpha value is -2.21. The standard InChI is InChI=1S/C20H20N2O2S/c23-15(12-21-13-16-6-5-11-24-16)14-22-17-7-1-3-9-19(17)25-20-10-4-2-8-18(20)22/h1-11,15,21,23H,12-14H2/t15-/m0/s1. The molecular formula is C20H20N2O2S. The topological polar surface area (TPSA) is 48.6 Å². The maximum Gasteiger partial charge on any atom is 0.117 e. The third kappa shape index (κ3) is 3.58. The van der Waals surface area contributed by atoms with Gasteiger partial charge >= 0.3 is 0 Å². The van der Waals surface area contributed by atoms with Crippen molar-refractivity contribution >= 4 is 23.1 Å². The molecule has 1 aliphatic rings. The Morgan fingerprint density at radius 2 is 1.64 bits per heavy atom. The molecule has 2 N–H and O–H groups in total. The van der Waals surface area contributed by atoms with E-state index in [-0.39, 0.29) is 0 Å². The highest BCUT2D eigenvalue weighted by Gasteiger charge is 2.24. The highest BCUT2D eigenvalue weighted by Crippen LogP contribution is 2.47. The third-order valence-corrected chi connectivity index (χ3v) is 5.31. The van der Waals surface area contributed by atoms with Gasteiger partial charge in [0, 0.05) is 16.3 Å². The number of β-amino-alcohol motifs (C(OH)–C–C–N with tert-alkyl or cyclic N) is 1. The number of aliphatic hydroxyl groups is 1. The first kappa shape index (κ1) is 16.3. The van der Waals surface area contributed by atoms with E-state index in [4.69, 9.17) is 4.42 Å². The highest BCUT2D eigenvalue weighted by molar-refractivity contribution is 7.99. The molecule has 0 bridgehead atoms. The van der Waals surface area contributed by atoms with E-state index in [0.29, 0.717) is 19.6 Å². The quantitative estimate of drug-likeness (QED) is 0.701. The van der Waals surface area contributed by atoms with Gasteiger partial charge in [-0.3, -0.25) is 0 Å². The lowest BCUT2D eigenvalue weighted by Gasteiger charge is -2.34. The number of rotatable bonds is 6. The molecule has 0 saturated heterocycles. The number of aliphatic hydroxyl groups excluding tert-OH is 1. The number of anilines is 2. The van der Waals surface area contributed by atoms with Gasteiger partial charge < -0.3 is 19.7 Å². The first-order valence-corrected chi connectivity index (χ1v) is 9.17. The van der Waals surface area contributed by atoms with E-state index in [1.165, 1.54) is 9.79 Å². The smallest absolute Gasteiger partial charge is 0.117 e. The summed E-state index contributed by atoms with van der Waals surface area (Å²) in [6.07, 6.45) is 1.17. The van der Waals surface area contributed by atoms with E-state index >= 15 is 0 Å². The largest absolute Gasteiger partial charge is 0.468 e. The maximum atomic E-state index is 10.5. The fraction of sp³-hybridized carbons (Fsp3) is 0.200. The molecule has 2 heterocycles. The number of fused-ring (bicyclic) bond motifs is 2. The first-order valence-electron chi connectivity index (χ1n) is 8.36. The Bertz CT molecular complexity index is 790. The van der Waals surface area contributed by atoms with Crippen molar-refractivity contribution in [3.63, 3.8) is 0 Å². The summed E-state index contributed by atoms with van der Waals surface area (Å²) < 4.78 is 5.30. The predicted octanol–water partition coefficient (Wildman–Crippen LogP) is 4.03. The zero-order chi connectivity index (χ0) is 17.1. The minimum absolute atomic E-state index is 0.487. The average molecular weight is 352 g/mol. The molecule has 0 spiro atoms. The molecule has 4 nitrogen and oxygen atoms in total. The summed E-state index contributed by atoms with van der Waals surface area (Å²) in [5.74, 6) is 0.872. The lowest BCUT2D eigenvalue weighted by Crippen LogP contribution is -2.37. The molecule has 2 aromatic carbocycles. The van der Waals surface area contributed by atoms with Crippen LogP contribution in [0.5, 0.6) is 0 Å². The fourth-order valence-corrected chi connectivity index (χ4v) is 4.12. The minimum Gasteiger partial charge on any atom is -0.468 e. The van der Waals surface area contributed by atoms with Crippen molar-refractivity contribution in [2.45, 2.75) is 22.4 Å². The van der Waals surface area contributed by atoms with Crippen LogP contribution in [0.4, 0.5) is 11.4 Å². The Morgan fingerprint density at radius 3 is 2.28 bits per heavy atom. The SMILES string of the molecule is O[C@@H](CNCc1ccco1)CN1c2ccccc2Sc2ccccc21. The van der Waals surface area contributed by atoms with E-state index in [1.54, 1.807) is 18.0 Å². The number of nitrogens with zero attached hydrogens (tertiary/aromatic N) is 1. The van der Waals surface area contributed by atoms with Crippen molar-refractivity contribution in [3.8, 4) is 0 Å². The van der Waals surface area contributed by atoms with E-state index < -0.39 is 6.10 Å². The van der Waals surface area contributed by atoms with Crippen molar-refractivity contribution in [2.75, 3.05) is 18.0 Å². The van der Waals surface area contributed by atoms with Crippen molar-refractivity contribution in [1.29, 1.82) is 0 Å². The summed E-state index contributed by atoms with van der Waals surface area (Å²) >= 11 is 1.78. The van der Waals surface area contributed by atoms with Crippen LogP contribution in [-0.2, 0) is 6.54 Å². The lowest BCUT2D eigenvalue weighted by molar-refractivity contribution is 0.178. The molecular weight excluding hydrogens is 332 g/mol. The molecule has 1 atom stereocenters. The summed E-state index contributed by atoms with van der Waals surface area (Å²) in [6, 6.07) is 20.5. The van der Waals surface area contributed by atoms with Crippen LogP contribution < -0.4 is 10.2 Å². The average Bonchev–Trinajstić information content (AvgIpc) is 3.15. The number of benzene rings is 2. The highest BCUT2D eigenvalue weighted by atomic mass is 32.2. The van der Waals surface area contributed by atoms with Crippen LogP contribution in [0.25, 0.3) is 0 Å². The van der Waals surface area contributed by atoms with Gasteiger partial charge in [-0.2, -0.15) is 0 Å². The minimum atomic E-state index is -0.487. The van der Waals surface area contributed by atoms with Crippen LogP contribution in [0.15, 0.2) is 81.1 Å². The fourth-order valence-electron chi connectivity index (χ4n) is 3.03. The van der Waals surface area contributed by atoms with Crippen LogP contribution in [-0.4, -0.2) is 24.3 Å². The van der Waals surface area contributed by atoms with Gasteiger partial charge in [-0.05, 0) is 36.4 Å². The van der Waals surface area contributed by atoms with Gasteiger partial charge in [0.2, 0.25) is 0 Å². The van der Waals surface area contributed by atoms with Crippen LogP contribution in [0, 0.1) is 0 Å². The molecule has 1 aromatic heterocycles. The van der Waals surface area contributed by atoms with E-state index in [0.717, 1.165) is 17.1 Å². The second-order valence-corrected chi connectivity index (χ2v) is 7.10. The second kappa shape index (κ2) is 7.35. The third-order valence-electron chi connectivity index (χ3n) is 4.18. The van der Waals surface area contributed by atoms with Gasteiger partial charge in [-0.1, -0.05) is 36.0 Å². The van der Waals surface area contributed by atoms with Gasteiger partial charge in [0.05, 0.1) is 36.8 Å². The van der Waals surface area contributed by atoms with Crippen molar-refractivity contribution < 1.29 is 9.52 Å². The molecule has 25 heavy (non-hydrogen) atoms. The summed E-state index contributed by atoms with van der Waals surface area (Å²) in [4.78, 5) is 4.65. The molecule has 128 valence electrons. The van der Waals surface area contributed by atoms with Crippen LogP contribution >= 0.6 is 11.8 Å². The molecule has 0 unspecified atom stereocenters. The zero-order valence-corrected chi connectivity index (χ0v) is 14.6. The van der Waals surface area contributed by atoms with E-state index in [2.05, 4.69) is 46.6 Å². The van der Waals surface area contributed by atoms with Gasteiger partial charge in [0.15, 0.2) is 0 Å². The maximum absolute atomic E-state index is 10.5. The van der Waals surface area contributed by atoms with Gasteiger partial charge in [0.25, 0.3) is 0 Å². The molecule has 0 radical (unpaired) electrons. The number of nitrogens with one attached hydrogen (secondary N) is 1. The predicted molar refractivity (Wildman–Crippen MR) is 100 cm³/mol. The van der Waals surface area contributed by atoms with Crippen LogP contribution in [0.1, 0.15) is 5.76 Å². The van der Waals surface area contributed by atoms with Crippen LogP contribution in [0.3, 0.4) is 0 Å². The molecule has 0 amide bonds. The summed E-state index contributed by atoms with van der Waals surface area (Å²) in [6.45, 7) is 1.67. The Balaban J connectivity index is 1.47. The molecule has 3 aromatic rings. The molecule has 5 heteroatoms. The molecule has 0 aliphatic carbocycles. The summed E-state index contributed by atoms with van der Waals surface area (Å²) in [5.41, 5.74) is 2.30. The first-order chi connectivity index (χ1) is 12.3. The number of hydrogen-bond donors (Lipinski definition) is 2. The molecule has 0 fully saturated rings. The number of furan rings is 1. The number of hydrogen-bond acceptors (Lipinski definition) is 5. The summed E-state index contributed by atoms with van der Waals surface area (Å²) in [7, 11) is 0. The molecule has 0 saturated carbocycles. The Kier molecular flexibility index (Phi) is 4.78. The molecule has 1 aliphatic heterocycles. The van der Waals surface area contributed by atoms with Crippen molar-refractivity contribution in [2.24, 2.45) is 0 Å². The van der Waals surface area contributed by atoms with Crippen molar-refractivity contribution in [1.82, 2.24) is 5.32 Å². The van der Waals surface area contributed by atoms with Gasteiger partial charge in [-0.25, -0.2) is 0 Å². The monoisotopic (exact) mass is 352 g/mol. The normalized spacial score (nSPS) is 14.0. The summed E-state index contributed by atoms with van der Waals surface area (Å²) in [5, 5.41) is 13.8. The van der Waals surface area contributed by atoms with Gasteiger partial charge in [-0.15, -0.1) is 0 Å². The zero-order valence-electron chi connectivity index (χ0n) is 13.8. The molecule has 4 rings (SSSR count). The number of para-hydroxylation sites is 2. The lowest BCUT2D eigenvalue weighted by atomic mass is 10.2. The van der Waals surface area contributed by atoms with Crippen molar-refractivity contribution in [3.05, 3.63) is 72.7 Å². The van der Waals surface area contributed by atoms with Gasteiger partial charge in [0.1, 0.15) is 5.76 Å². The Labute approximate surface area is 151 Å². The van der Waals surface area contributed by atoms with E-state index in [9.17, 15) is 5.11 Å².